The third kappa shape index (κ3) is 2.24. The van der Waals surface area contributed by atoms with E-state index in [-0.39, 0.29) is 17.5 Å². The zero-order valence-electron chi connectivity index (χ0n) is 10.2. The van der Waals surface area contributed by atoms with Gasteiger partial charge in [0.1, 0.15) is 6.10 Å². The third-order valence-corrected chi connectivity index (χ3v) is 4.30. The van der Waals surface area contributed by atoms with Crippen molar-refractivity contribution in [1.29, 1.82) is 0 Å². The fourth-order valence-corrected chi connectivity index (χ4v) is 2.86. The van der Waals surface area contributed by atoms with E-state index in [4.69, 9.17) is 10.5 Å². The zero-order valence-corrected chi connectivity index (χ0v) is 10.2. The topological polar surface area (TPSA) is 52.3 Å². The minimum atomic E-state index is -0.319. The predicted octanol–water partition coefficient (Wildman–Crippen LogP) is 2.24. The van der Waals surface area contributed by atoms with E-state index in [1.165, 1.54) is 12.8 Å². The van der Waals surface area contributed by atoms with E-state index in [0.29, 0.717) is 12.5 Å². The van der Waals surface area contributed by atoms with Crippen LogP contribution in [-0.4, -0.2) is 18.6 Å². The Morgan fingerprint density at radius 2 is 2.12 bits per heavy atom. The summed E-state index contributed by atoms with van der Waals surface area (Å²) in [4.78, 5) is 12.1. The van der Waals surface area contributed by atoms with Gasteiger partial charge in [0.05, 0.1) is 5.41 Å². The Morgan fingerprint density at radius 3 is 2.62 bits per heavy atom. The molecule has 0 heterocycles. The largest absolute Gasteiger partial charge is 0.462 e. The second kappa shape index (κ2) is 4.74. The van der Waals surface area contributed by atoms with Crippen LogP contribution >= 0.6 is 0 Å². The molecule has 2 N–H and O–H groups in total. The van der Waals surface area contributed by atoms with Crippen LogP contribution in [0.3, 0.4) is 0 Å². The van der Waals surface area contributed by atoms with E-state index in [0.717, 1.165) is 32.1 Å². The highest BCUT2D eigenvalue weighted by Gasteiger charge is 2.45. The number of rotatable bonds is 3. The molecule has 0 bridgehead atoms. The summed E-state index contributed by atoms with van der Waals surface area (Å²) >= 11 is 0. The van der Waals surface area contributed by atoms with Gasteiger partial charge in [-0.05, 0) is 38.0 Å². The monoisotopic (exact) mass is 225 g/mol. The second-order valence-corrected chi connectivity index (χ2v) is 5.64. The summed E-state index contributed by atoms with van der Waals surface area (Å²) in [6.07, 6.45) is 7.65. The van der Waals surface area contributed by atoms with Crippen molar-refractivity contribution < 1.29 is 9.53 Å². The van der Waals surface area contributed by atoms with Crippen LogP contribution in [0.25, 0.3) is 0 Å². The fourth-order valence-electron chi connectivity index (χ4n) is 2.86. The molecule has 0 spiro atoms. The number of nitrogens with two attached hydrogens (primary N) is 1. The minimum absolute atomic E-state index is 0.0275. The van der Waals surface area contributed by atoms with Gasteiger partial charge in [-0.3, -0.25) is 4.79 Å². The molecule has 3 heteroatoms. The molecule has 0 saturated heterocycles. The second-order valence-electron chi connectivity index (χ2n) is 5.64. The van der Waals surface area contributed by atoms with E-state index in [1.54, 1.807) is 0 Å². The lowest BCUT2D eigenvalue weighted by Crippen LogP contribution is -2.46. The molecule has 2 fully saturated rings. The molecule has 0 aromatic heterocycles. The van der Waals surface area contributed by atoms with Crippen LogP contribution in [0, 0.1) is 11.3 Å². The zero-order chi connectivity index (χ0) is 11.6. The highest BCUT2D eigenvalue weighted by atomic mass is 16.5. The van der Waals surface area contributed by atoms with Gasteiger partial charge in [0.15, 0.2) is 0 Å². The molecule has 2 aliphatic rings. The Balaban J connectivity index is 1.86. The molecular formula is C13H23NO2. The Kier molecular flexibility index (Phi) is 3.53. The number of hydrogen-bond acceptors (Lipinski definition) is 3. The van der Waals surface area contributed by atoms with Crippen LogP contribution in [0.2, 0.25) is 0 Å². The molecule has 2 atom stereocenters. The van der Waals surface area contributed by atoms with Gasteiger partial charge >= 0.3 is 5.97 Å². The smallest absolute Gasteiger partial charge is 0.313 e. The molecule has 0 amide bonds. The van der Waals surface area contributed by atoms with Crippen molar-refractivity contribution in [2.24, 2.45) is 17.1 Å². The first-order valence-corrected chi connectivity index (χ1v) is 6.57. The lowest BCUT2D eigenvalue weighted by molar-refractivity contribution is -0.168. The van der Waals surface area contributed by atoms with E-state index in [9.17, 15) is 4.79 Å². The molecule has 2 saturated carbocycles. The fraction of sp³-hybridized carbons (Fsp3) is 0.923. The molecule has 0 aliphatic heterocycles. The first kappa shape index (κ1) is 11.9. The molecule has 0 radical (unpaired) electrons. The molecule has 92 valence electrons. The van der Waals surface area contributed by atoms with Crippen molar-refractivity contribution in [2.75, 3.05) is 6.54 Å². The van der Waals surface area contributed by atoms with Crippen molar-refractivity contribution in [3.05, 3.63) is 0 Å². The van der Waals surface area contributed by atoms with Crippen molar-refractivity contribution in [1.82, 2.24) is 0 Å². The van der Waals surface area contributed by atoms with Crippen molar-refractivity contribution in [3.8, 4) is 0 Å². The molecule has 16 heavy (non-hydrogen) atoms. The van der Waals surface area contributed by atoms with Crippen LogP contribution in [0.5, 0.6) is 0 Å². The molecule has 2 aliphatic carbocycles. The summed E-state index contributed by atoms with van der Waals surface area (Å²) in [5, 5.41) is 0. The maximum Gasteiger partial charge on any atom is 0.313 e. The first-order valence-electron chi connectivity index (χ1n) is 6.57. The summed E-state index contributed by atoms with van der Waals surface area (Å²) in [5.41, 5.74) is 5.38. The number of carbonyl (C=O) groups excluding carboxylic acids is 1. The number of ether oxygens (including phenoxy) is 1. The molecule has 0 aromatic carbocycles. The van der Waals surface area contributed by atoms with Gasteiger partial charge in [0, 0.05) is 6.54 Å². The average molecular weight is 225 g/mol. The third-order valence-electron chi connectivity index (χ3n) is 4.30. The maximum atomic E-state index is 12.1. The number of esters is 1. The highest BCUT2D eigenvalue weighted by molar-refractivity contribution is 5.78. The maximum absolute atomic E-state index is 12.1. The molecule has 2 rings (SSSR count). The predicted molar refractivity (Wildman–Crippen MR) is 62.9 cm³/mol. The quantitative estimate of drug-likeness (QED) is 0.749. The van der Waals surface area contributed by atoms with E-state index in [2.05, 4.69) is 6.92 Å². The highest BCUT2D eigenvalue weighted by Crippen LogP contribution is 2.42. The van der Waals surface area contributed by atoms with Gasteiger partial charge in [-0.2, -0.15) is 0 Å². The Hall–Kier alpha value is -0.570. The van der Waals surface area contributed by atoms with Crippen molar-refractivity contribution in [3.63, 3.8) is 0 Å². The van der Waals surface area contributed by atoms with Crippen LogP contribution in [-0.2, 0) is 9.53 Å². The lowest BCUT2D eigenvalue weighted by Gasteiger charge is -2.39. The Labute approximate surface area is 97.7 Å². The summed E-state index contributed by atoms with van der Waals surface area (Å²) in [6, 6.07) is 0. The molecule has 2 unspecified atom stereocenters. The van der Waals surface area contributed by atoms with Gasteiger partial charge in [0.2, 0.25) is 0 Å². The Morgan fingerprint density at radius 1 is 1.38 bits per heavy atom. The van der Waals surface area contributed by atoms with Crippen molar-refractivity contribution >= 4 is 5.97 Å². The van der Waals surface area contributed by atoms with E-state index < -0.39 is 0 Å². The Bertz CT molecular complexity index is 255. The molecule has 0 aromatic rings. The number of carbonyl (C=O) groups is 1. The average Bonchev–Trinajstić information content (AvgIpc) is 2.16. The van der Waals surface area contributed by atoms with Crippen LogP contribution in [0.15, 0.2) is 0 Å². The van der Waals surface area contributed by atoms with Gasteiger partial charge in [0.25, 0.3) is 0 Å². The summed E-state index contributed by atoms with van der Waals surface area (Å²) < 4.78 is 5.64. The van der Waals surface area contributed by atoms with Crippen LogP contribution in [0.4, 0.5) is 0 Å². The van der Waals surface area contributed by atoms with Crippen LogP contribution < -0.4 is 5.73 Å². The van der Waals surface area contributed by atoms with Crippen molar-refractivity contribution in [2.45, 2.75) is 58.0 Å². The molecular weight excluding hydrogens is 202 g/mol. The summed E-state index contributed by atoms with van der Waals surface area (Å²) in [6.45, 7) is 2.69. The van der Waals surface area contributed by atoms with Gasteiger partial charge in [-0.25, -0.2) is 0 Å². The van der Waals surface area contributed by atoms with Gasteiger partial charge in [-0.1, -0.05) is 19.8 Å². The minimum Gasteiger partial charge on any atom is -0.462 e. The SMILES string of the molecule is CC1CCCC(OC(=O)C2(CN)CCC2)C1. The van der Waals surface area contributed by atoms with Crippen LogP contribution in [0.1, 0.15) is 51.9 Å². The normalized spacial score (nSPS) is 32.9. The summed E-state index contributed by atoms with van der Waals surface area (Å²) in [7, 11) is 0. The number of hydrogen-bond donors (Lipinski definition) is 1. The van der Waals surface area contributed by atoms with Gasteiger partial charge < -0.3 is 10.5 Å². The lowest BCUT2D eigenvalue weighted by atomic mass is 9.69. The van der Waals surface area contributed by atoms with Gasteiger partial charge in [-0.15, -0.1) is 0 Å². The van der Waals surface area contributed by atoms with E-state index in [1.807, 2.05) is 0 Å². The standard InChI is InChI=1S/C13H23NO2/c1-10-4-2-5-11(8-10)16-12(15)13(9-14)6-3-7-13/h10-11H,2-9,14H2,1H3. The first-order chi connectivity index (χ1) is 7.66. The summed E-state index contributed by atoms with van der Waals surface area (Å²) in [5.74, 6) is 0.669. The van der Waals surface area contributed by atoms with E-state index >= 15 is 0 Å². The molecule has 3 nitrogen and oxygen atoms in total.